The second kappa shape index (κ2) is 15.8. The molecule has 0 saturated heterocycles. The quantitative estimate of drug-likeness (QED) is 0.165. The summed E-state index contributed by atoms with van der Waals surface area (Å²) in [5.74, 6) is 0. The number of nitrogens with zero attached hydrogens (tertiary/aromatic N) is 2. The van der Waals surface area contributed by atoms with Gasteiger partial charge in [-0.2, -0.15) is 0 Å². The molecule has 364 valence electrons. The highest BCUT2D eigenvalue weighted by Crippen LogP contribution is 2.49. The van der Waals surface area contributed by atoms with Gasteiger partial charge in [-0.25, -0.2) is 0 Å². The number of benzene rings is 12. The summed E-state index contributed by atoms with van der Waals surface area (Å²) in [5, 5.41) is 16.3. The maximum Gasteiger partial charge on any atom is 0.137 e. The molecule has 8 heteroatoms. The molecule has 18 aromatic rings. The van der Waals surface area contributed by atoms with E-state index >= 15 is 0 Å². The lowest BCUT2D eigenvalue weighted by atomic mass is 10.0. The standard InChI is InChI=1S/C70H38N2O4S2/c1-5-13-59-45(9-1)49-23-17-39(33-63(49)73-59)71(40-18-24-50-46-10-2-6-14-60(46)74-64(50)34-40)43-21-27-53-55-29-31-58-57(69(55)77-67(53)37-43)32-30-56-54-28-22-44(38-68(54)78-70(56)58)72(41-19-25-51-47-11-3-7-15-61(47)75-65(51)35-41)42-20-26-52-48-12-4-8-16-62(48)76-66(52)36-42/h1-38H. The minimum absolute atomic E-state index is 0.848. The van der Waals surface area contributed by atoms with Gasteiger partial charge in [0.2, 0.25) is 0 Å². The fraction of sp³-hybridized carbons (Fsp3) is 0. The Hall–Kier alpha value is -9.86. The summed E-state index contributed by atoms with van der Waals surface area (Å²) in [6, 6.07) is 82.4. The van der Waals surface area contributed by atoms with Crippen molar-refractivity contribution in [2.24, 2.45) is 0 Å². The molecule has 0 amide bonds. The van der Waals surface area contributed by atoms with Crippen LogP contribution in [0.5, 0.6) is 0 Å². The largest absolute Gasteiger partial charge is 0.456 e. The summed E-state index contributed by atoms with van der Waals surface area (Å²) in [7, 11) is 0. The smallest absolute Gasteiger partial charge is 0.137 e. The van der Waals surface area contributed by atoms with Crippen molar-refractivity contribution >= 4 is 196 Å². The molecule has 0 atom stereocenters. The van der Waals surface area contributed by atoms with Gasteiger partial charge in [0.1, 0.15) is 44.7 Å². The van der Waals surface area contributed by atoms with Crippen LogP contribution in [0.2, 0.25) is 0 Å². The van der Waals surface area contributed by atoms with E-state index < -0.39 is 0 Å². The highest BCUT2D eigenvalue weighted by Gasteiger charge is 2.23. The van der Waals surface area contributed by atoms with Crippen molar-refractivity contribution in [3.63, 3.8) is 0 Å². The summed E-state index contributed by atoms with van der Waals surface area (Å²) in [6.45, 7) is 0. The minimum atomic E-state index is 0.848. The molecule has 0 aliphatic carbocycles. The average molecular weight is 1040 g/mol. The van der Waals surface area contributed by atoms with Gasteiger partial charge in [-0.15, -0.1) is 22.7 Å². The van der Waals surface area contributed by atoms with Gasteiger partial charge < -0.3 is 27.5 Å². The van der Waals surface area contributed by atoms with E-state index in [-0.39, 0.29) is 0 Å². The number of thiophene rings is 2. The highest BCUT2D eigenvalue weighted by molar-refractivity contribution is 7.28. The SMILES string of the molecule is c1ccc2c(c1)oc1cc(N(c3ccc4c(c3)oc3ccccc34)c3ccc4c(c3)sc3c4ccc4c3ccc3c5ccc(N(c6ccc7c(c6)oc6ccccc67)c6ccc7c(c6)oc6ccccc67)cc5sc34)ccc12. The van der Waals surface area contributed by atoms with Crippen LogP contribution in [0.3, 0.4) is 0 Å². The number of anilines is 6. The van der Waals surface area contributed by atoms with Crippen molar-refractivity contribution in [3.8, 4) is 0 Å². The van der Waals surface area contributed by atoms with Crippen LogP contribution in [0.4, 0.5) is 34.1 Å². The van der Waals surface area contributed by atoms with E-state index in [1.54, 1.807) is 0 Å². The molecule has 6 heterocycles. The van der Waals surface area contributed by atoms with Gasteiger partial charge in [0.05, 0.1) is 0 Å². The lowest BCUT2D eigenvalue weighted by molar-refractivity contribution is 0.668. The van der Waals surface area contributed by atoms with E-state index in [2.05, 4.69) is 192 Å². The summed E-state index contributed by atoms with van der Waals surface area (Å²) in [4.78, 5) is 4.65. The predicted octanol–water partition coefficient (Wildman–Crippen LogP) is 22.1. The molecule has 0 saturated carbocycles. The van der Waals surface area contributed by atoms with Gasteiger partial charge in [-0.1, -0.05) is 109 Å². The Labute approximate surface area is 450 Å². The number of rotatable bonds is 6. The first kappa shape index (κ1) is 42.4. The second-order valence-corrected chi connectivity index (χ2v) is 22.4. The third kappa shape index (κ3) is 6.12. The first-order chi connectivity index (χ1) is 38.6. The van der Waals surface area contributed by atoms with Crippen molar-refractivity contribution in [2.75, 3.05) is 9.80 Å². The monoisotopic (exact) mass is 1030 g/mol. The molecule has 12 aromatic carbocycles. The van der Waals surface area contributed by atoms with E-state index in [1.165, 1.54) is 51.1 Å². The molecule has 0 spiro atoms. The van der Waals surface area contributed by atoms with Crippen molar-refractivity contribution < 1.29 is 17.7 Å². The molecule has 0 N–H and O–H groups in total. The lowest BCUT2D eigenvalue weighted by Crippen LogP contribution is -2.09. The third-order valence-electron chi connectivity index (χ3n) is 16.0. The molecule has 0 fully saturated rings. The number of hydrogen-bond acceptors (Lipinski definition) is 8. The highest BCUT2D eigenvalue weighted by atomic mass is 32.1. The van der Waals surface area contributed by atoms with Crippen LogP contribution in [-0.4, -0.2) is 0 Å². The first-order valence-corrected chi connectivity index (χ1v) is 27.7. The summed E-state index contributed by atoms with van der Waals surface area (Å²) >= 11 is 3.73. The molecule has 0 unspecified atom stereocenters. The van der Waals surface area contributed by atoms with Crippen LogP contribution in [0.1, 0.15) is 0 Å². The Kier molecular flexibility index (Phi) is 8.61. The van der Waals surface area contributed by atoms with Crippen molar-refractivity contribution in [1.29, 1.82) is 0 Å². The van der Waals surface area contributed by atoms with Crippen LogP contribution >= 0.6 is 22.7 Å². The summed E-state index contributed by atoms with van der Waals surface area (Å²) in [6.07, 6.45) is 0. The van der Waals surface area contributed by atoms with E-state index in [9.17, 15) is 0 Å². The average Bonchev–Trinajstić information content (AvgIpc) is 4.40. The maximum atomic E-state index is 6.47. The van der Waals surface area contributed by atoms with Gasteiger partial charge >= 0.3 is 0 Å². The molecular formula is C70H38N2O4S2. The van der Waals surface area contributed by atoms with Gasteiger partial charge in [0.15, 0.2) is 0 Å². The second-order valence-electron chi connectivity index (χ2n) is 20.3. The zero-order valence-electron chi connectivity index (χ0n) is 41.3. The van der Waals surface area contributed by atoms with Crippen molar-refractivity contribution in [1.82, 2.24) is 0 Å². The summed E-state index contributed by atoms with van der Waals surface area (Å²) < 4.78 is 30.9. The number of fused-ring (bicyclic) bond motifs is 21. The zero-order chi connectivity index (χ0) is 50.7. The van der Waals surface area contributed by atoms with E-state index in [0.717, 1.165) is 122 Å². The first-order valence-electron chi connectivity index (χ1n) is 26.1. The van der Waals surface area contributed by atoms with Crippen LogP contribution < -0.4 is 9.80 Å². The Bertz CT molecular complexity index is 5000. The zero-order valence-corrected chi connectivity index (χ0v) is 42.9. The van der Waals surface area contributed by atoms with Gasteiger partial charge in [0.25, 0.3) is 0 Å². The van der Waals surface area contributed by atoms with Gasteiger partial charge in [0, 0.05) is 153 Å². The topological polar surface area (TPSA) is 59.0 Å². The number of para-hydroxylation sites is 4. The Morgan fingerprint density at radius 2 is 0.436 bits per heavy atom. The normalized spacial score (nSPS) is 12.4. The minimum Gasteiger partial charge on any atom is -0.456 e. The predicted molar refractivity (Wildman–Crippen MR) is 328 cm³/mol. The number of hydrogen-bond donors (Lipinski definition) is 0. The molecule has 78 heavy (non-hydrogen) atoms. The lowest BCUT2D eigenvalue weighted by Gasteiger charge is -2.25. The molecule has 0 radical (unpaired) electrons. The van der Waals surface area contributed by atoms with Crippen molar-refractivity contribution in [2.45, 2.75) is 0 Å². The Balaban J connectivity index is 0.773. The Morgan fingerprint density at radius 3 is 0.744 bits per heavy atom. The third-order valence-corrected chi connectivity index (χ3v) is 18.4. The molecular weight excluding hydrogens is 997 g/mol. The fourth-order valence-electron chi connectivity index (χ4n) is 12.4. The van der Waals surface area contributed by atoms with Crippen LogP contribution in [0, 0.1) is 0 Å². The van der Waals surface area contributed by atoms with Crippen LogP contribution in [0.15, 0.2) is 248 Å². The molecule has 18 rings (SSSR count). The van der Waals surface area contributed by atoms with Crippen LogP contribution in [-0.2, 0) is 0 Å². The number of furan rings is 4. The van der Waals surface area contributed by atoms with Crippen molar-refractivity contribution in [3.05, 3.63) is 231 Å². The molecule has 0 aliphatic heterocycles. The summed E-state index contributed by atoms with van der Waals surface area (Å²) in [5.41, 5.74) is 13.0. The van der Waals surface area contributed by atoms with Gasteiger partial charge in [-0.3, -0.25) is 0 Å². The van der Waals surface area contributed by atoms with Gasteiger partial charge in [-0.05, 0) is 97.1 Å². The molecule has 0 bridgehead atoms. The van der Waals surface area contributed by atoms with E-state index in [4.69, 9.17) is 17.7 Å². The molecule has 6 nitrogen and oxygen atoms in total. The van der Waals surface area contributed by atoms with Crippen LogP contribution in [0.25, 0.3) is 139 Å². The maximum absolute atomic E-state index is 6.47. The molecule has 6 aromatic heterocycles. The Morgan fingerprint density at radius 1 is 0.205 bits per heavy atom. The molecule has 0 aliphatic rings. The van der Waals surface area contributed by atoms with E-state index in [1.807, 2.05) is 71.2 Å². The fourth-order valence-corrected chi connectivity index (χ4v) is 15.0. The van der Waals surface area contributed by atoms with E-state index in [0.29, 0.717) is 0 Å².